The fourth-order valence-electron chi connectivity index (χ4n) is 2.03. The van der Waals surface area contributed by atoms with Gasteiger partial charge in [-0.2, -0.15) is 9.40 Å². The zero-order chi connectivity index (χ0) is 16.5. The number of hydrogen-bond donors (Lipinski definition) is 0. The van der Waals surface area contributed by atoms with Crippen molar-refractivity contribution in [1.29, 1.82) is 0 Å². The van der Waals surface area contributed by atoms with Crippen molar-refractivity contribution in [2.45, 2.75) is 18.4 Å². The predicted octanol–water partition coefficient (Wildman–Crippen LogP) is 3.47. The molecule has 0 unspecified atom stereocenters. The summed E-state index contributed by atoms with van der Waals surface area (Å²) >= 11 is 13.3. The Morgan fingerprint density at radius 2 is 2.14 bits per heavy atom. The van der Waals surface area contributed by atoms with Gasteiger partial charge >= 0.3 is 0 Å². The van der Waals surface area contributed by atoms with Gasteiger partial charge in [0.15, 0.2) is 0 Å². The SMILES string of the molecule is C=CCN(Cc1ccc(Cl)s1)S(=O)(=O)c1c(C)nn(C)c1Cl. The Hall–Kier alpha value is -0.860. The van der Waals surface area contributed by atoms with Gasteiger partial charge in [-0.05, 0) is 19.1 Å². The molecular weight excluding hydrogens is 365 g/mol. The van der Waals surface area contributed by atoms with Gasteiger partial charge < -0.3 is 0 Å². The first kappa shape index (κ1) is 17.5. The molecule has 0 spiro atoms. The summed E-state index contributed by atoms with van der Waals surface area (Å²) in [6.45, 7) is 5.61. The summed E-state index contributed by atoms with van der Waals surface area (Å²) in [5.41, 5.74) is 0.366. The smallest absolute Gasteiger partial charge is 0.248 e. The standard InChI is InChI=1S/C13H15Cl2N3O2S2/c1-4-7-18(8-10-5-6-11(14)21-10)22(19,20)12-9(2)16-17(3)13(12)15/h4-6H,1,7-8H2,2-3H3. The Balaban J connectivity index is 2.43. The highest BCUT2D eigenvalue weighted by atomic mass is 35.5. The molecule has 22 heavy (non-hydrogen) atoms. The van der Waals surface area contributed by atoms with Crippen LogP contribution >= 0.6 is 34.5 Å². The van der Waals surface area contributed by atoms with E-state index >= 15 is 0 Å². The van der Waals surface area contributed by atoms with Gasteiger partial charge in [-0.3, -0.25) is 4.68 Å². The maximum Gasteiger partial charge on any atom is 0.248 e. The molecule has 0 aliphatic heterocycles. The van der Waals surface area contributed by atoms with Crippen molar-refractivity contribution in [2.75, 3.05) is 6.54 Å². The van der Waals surface area contributed by atoms with Crippen molar-refractivity contribution in [3.8, 4) is 0 Å². The van der Waals surface area contributed by atoms with Crippen molar-refractivity contribution >= 4 is 44.6 Å². The lowest BCUT2D eigenvalue weighted by Gasteiger charge is -2.20. The van der Waals surface area contributed by atoms with E-state index in [1.165, 1.54) is 26.4 Å². The molecule has 2 aromatic rings. The minimum atomic E-state index is -3.78. The quantitative estimate of drug-likeness (QED) is 0.721. The molecule has 0 aromatic carbocycles. The highest BCUT2D eigenvalue weighted by molar-refractivity contribution is 7.89. The molecule has 0 fully saturated rings. The Morgan fingerprint density at radius 3 is 2.59 bits per heavy atom. The fraction of sp³-hybridized carbons (Fsp3) is 0.308. The minimum Gasteiger partial charge on any atom is -0.255 e. The summed E-state index contributed by atoms with van der Waals surface area (Å²) in [6, 6.07) is 3.54. The molecule has 0 radical (unpaired) electrons. The van der Waals surface area contributed by atoms with E-state index in [9.17, 15) is 8.42 Å². The lowest BCUT2D eigenvalue weighted by atomic mass is 10.4. The lowest BCUT2D eigenvalue weighted by Crippen LogP contribution is -2.31. The van der Waals surface area contributed by atoms with E-state index in [0.717, 1.165) is 4.88 Å². The average Bonchev–Trinajstić information content (AvgIpc) is 2.93. The third kappa shape index (κ3) is 3.38. The van der Waals surface area contributed by atoms with Crippen LogP contribution in [0, 0.1) is 6.92 Å². The Labute approximate surface area is 143 Å². The van der Waals surface area contributed by atoms with Crippen molar-refractivity contribution in [3.05, 3.63) is 44.8 Å². The normalized spacial score (nSPS) is 12.0. The molecule has 0 saturated carbocycles. The van der Waals surface area contributed by atoms with E-state index in [1.807, 2.05) is 0 Å². The van der Waals surface area contributed by atoms with Crippen LogP contribution in [0.1, 0.15) is 10.6 Å². The van der Waals surface area contributed by atoms with Crippen LogP contribution in [0.3, 0.4) is 0 Å². The van der Waals surface area contributed by atoms with Gasteiger partial charge in [0.25, 0.3) is 0 Å². The molecule has 0 N–H and O–H groups in total. The molecular formula is C13H15Cl2N3O2S2. The van der Waals surface area contributed by atoms with Crippen LogP contribution in [0.2, 0.25) is 9.49 Å². The largest absolute Gasteiger partial charge is 0.255 e. The zero-order valence-electron chi connectivity index (χ0n) is 12.1. The minimum absolute atomic E-state index is 0.0289. The predicted molar refractivity (Wildman–Crippen MR) is 90.1 cm³/mol. The summed E-state index contributed by atoms with van der Waals surface area (Å²) in [5.74, 6) is 0. The van der Waals surface area contributed by atoms with Gasteiger partial charge in [-0.25, -0.2) is 8.42 Å². The van der Waals surface area contributed by atoms with Gasteiger partial charge in [-0.1, -0.05) is 29.3 Å². The van der Waals surface area contributed by atoms with Crippen molar-refractivity contribution in [2.24, 2.45) is 7.05 Å². The van der Waals surface area contributed by atoms with Gasteiger partial charge in [0.1, 0.15) is 10.0 Å². The first-order valence-electron chi connectivity index (χ1n) is 6.31. The number of aryl methyl sites for hydroxylation is 2. The molecule has 0 bridgehead atoms. The highest BCUT2D eigenvalue weighted by Crippen LogP contribution is 2.30. The number of hydrogen-bond acceptors (Lipinski definition) is 4. The zero-order valence-corrected chi connectivity index (χ0v) is 15.2. The van der Waals surface area contributed by atoms with E-state index in [-0.39, 0.29) is 23.1 Å². The van der Waals surface area contributed by atoms with Crippen LogP contribution in [-0.4, -0.2) is 29.0 Å². The van der Waals surface area contributed by atoms with Crippen LogP contribution in [0.5, 0.6) is 0 Å². The molecule has 5 nitrogen and oxygen atoms in total. The molecule has 0 amide bonds. The average molecular weight is 380 g/mol. The Morgan fingerprint density at radius 1 is 1.45 bits per heavy atom. The number of sulfonamides is 1. The molecule has 0 atom stereocenters. The first-order chi connectivity index (χ1) is 10.3. The number of halogens is 2. The van der Waals surface area contributed by atoms with Gasteiger partial charge in [-0.15, -0.1) is 17.9 Å². The number of rotatable bonds is 6. The highest BCUT2D eigenvalue weighted by Gasteiger charge is 2.31. The van der Waals surface area contributed by atoms with Crippen molar-refractivity contribution in [1.82, 2.24) is 14.1 Å². The van der Waals surface area contributed by atoms with E-state index < -0.39 is 10.0 Å². The van der Waals surface area contributed by atoms with Gasteiger partial charge in [0.2, 0.25) is 10.0 Å². The third-order valence-electron chi connectivity index (χ3n) is 2.99. The molecule has 0 aliphatic rings. The molecule has 2 heterocycles. The van der Waals surface area contributed by atoms with E-state index in [2.05, 4.69) is 11.7 Å². The van der Waals surface area contributed by atoms with Crippen LogP contribution < -0.4 is 0 Å². The molecule has 2 rings (SSSR count). The maximum atomic E-state index is 12.9. The van der Waals surface area contributed by atoms with Crippen LogP contribution in [0.15, 0.2) is 29.7 Å². The van der Waals surface area contributed by atoms with Gasteiger partial charge in [0, 0.05) is 25.0 Å². The van der Waals surface area contributed by atoms with Crippen LogP contribution in [-0.2, 0) is 23.6 Å². The van der Waals surface area contributed by atoms with E-state index in [1.54, 1.807) is 26.1 Å². The van der Waals surface area contributed by atoms with Crippen molar-refractivity contribution < 1.29 is 8.42 Å². The second-order valence-electron chi connectivity index (χ2n) is 4.62. The van der Waals surface area contributed by atoms with Crippen molar-refractivity contribution in [3.63, 3.8) is 0 Å². The second-order valence-corrected chi connectivity index (χ2v) is 8.65. The summed E-state index contributed by atoms with van der Waals surface area (Å²) < 4.78 is 29.1. The summed E-state index contributed by atoms with van der Waals surface area (Å²) in [6.07, 6.45) is 1.53. The number of thiophene rings is 1. The van der Waals surface area contributed by atoms with Crippen LogP contribution in [0.4, 0.5) is 0 Å². The summed E-state index contributed by atoms with van der Waals surface area (Å²) in [5, 5.41) is 4.16. The third-order valence-corrected chi connectivity index (χ3v) is 6.72. The number of nitrogens with zero attached hydrogens (tertiary/aromatic N) is 3. The molecule has 9 heteroatoms. The summed E-state index contributed by atoms with van der Waals surface area (Å²) in [7, 11) is -2.18. The molecule has 0 aliphatic carbocycles. The Bertz CT molecular complexity index is 796. The molecule has 2 aromatic heterocycles. The monoisotopic (exact) mass is 379 g/mol. The van der Waals surface area contributed by atoms with E-state index in [4.69, 9.17) is 23.2 Å². The second kappa shape index (κ2) is 6.72. The summed E-state index contributed by atoms with van der Waals surface area (Å²) in [4.78, 5) is 0.870. The molecule has 120 valence electrons. The number of aromatic nitrogens is 2. The van der Waals surface area contributed by atoms with E-state index in [0.29, 0.717) is 10.0 Å². The maximum absolute atomic E-state index is 12.9. The fourth-order valence-corrected chi connectivity index (χ4v) is 5.31. The lowest BCUT2D eigenvalue weighted by molar-refractivity contribution is 0.441. The van der Waals surface area contributed by atoms with Gasteiger partial charge in [0.05, 0.1) is 10.0 Å². The van der Waals surface area contributed by atoms with Crippen LogP contribution in [0.25, 0.3) is 0 Å². The topological polar surface area (TPSA) is 55.2 Å². The molecule has 0 saturated heterocycles. The Kier molecular flexibility index (Phi) is 5.34. The first-order valence-corrected chi connectivity index (χ1v) is 9.33.